The van der Waals surface area contributed by atoms with Crippen LogP contribution < -0.4 is 5.32 Å². The van der Waals surface area contributed by atoms with Crippen LogP contribution in [0.15, 0.2) is 67.4 Å². The maximum Gasteiger partial charge on any atom is 0.255 e. The van der Waals surface area contributed by atoms with Gasteiger partial charge in [-0.2, -0.15) is 10.2 Å². The Morgan fingerprint density at radius 1 is 1.10 bits per heavy atom. The quantitative estimate of drug-likeness (QED) is 0.472. The van der Waals surface area contributed by atoms with E-state index in [9.17, 15) is 4.79 Å². The van der Waals surface area contributed by atoms with Gasteiger partial charge in [0.25, 0.3) is 5.91 Å². The summed E-state index contributed by atoms with van der Waals surface area (Å²) in [7, 11) is 0. The Morgan fingerprint density at radius 3 is 2.58 bits per heavy atom. The van der Waals surface area contributed by atoms with Gasteiger partial charge in [0, 0.05) is 11.6 Å². The molecule has 8 heteroatoms. The molecule has 0 unspecified atom stereocenters. The highest BCUT2D eigenvalue weighted by Crippen LogP contribution is 2.24. The van der Waals surface area contributed by atoms with Crippen LogP contribution in [-0.4, -0.2) is 30.5 Å². The third-order valence-electron chi connectivity index (χ3n) is 4.92. The molecule has 2 aromatic heterocycles. The van der Waals surface area contributed by atoms with Gasteiger partial charge in [0.2, 0.25) is 0 Å². The molecule has 0 spiro atoms. The molecule has 0 fully saturated rings. The largest absolute Gasteiger partial charge is 0.348 e. The number of rotatable bonds is 7. The van der Waals surface area contributed by atoms with Crippen LogP contribution in [-0.2, 0) is 13.1 Å². The van der Waals surface area contributed by atoms with E-state index >= 15 is 0 Å². The van der Waals surface area contributed by atoms with Crippen LogP contribution in [0, 0.1) is 0 Å². The monoisotopic (exact) mass is 434 g/mol. The molecule has 0 atom stereocenters. The smallest absolute Gasteiger partial charge is 0.255 e. The van der Waals surface area contributed by atoms with Gasteiger partial charge in [0.05, 0.1) is 29.7 Å². The molecular formula is C23H23ClN6O. The summed E-state index contributed by atoms with van der Waals surface area (Å²) in [6.45, 7) is 5.16. The molecule has 31 heavy (non-hydrogen) atoms. The van der Waals surface area contributed by atoms with Gasteiger partial charge >= 0.3 is 0 Å². The fourth-order valence-electron chi connectivity index (χ4n) is 3.49. The molecule has 0 saturated carbocycles. The zero-order valence-corrected chi connectivity index (χ0v) is 18.1. The summed E-state index contributed by atoms with van der Waals surface area (Å²) in [5.74, 6) is -0.0319. The lowest BCUT2D eigenvalue weighted by Crippen LogP contribution is -2.24. The predicted molar refractivity (Wildman–Crippen MR) is 119 cm³/mol. The molecule has 0 radical (unpaired) electrons. The van der Waals surface area contributed by atoms with Gasteiger partial charge in [-0.3, -0.25) is 4.79 Å². The fourth-order valence-corrected chi connectivity index (χ4v) is 3.62. The van der Waals surface area contributed by atoms with Crippen LogP contribution in [0.1, 0.15) is 46.9 Å². The summed E-state index contributed by atoms with van der Waals surface area (Å²) in [5, 5.41) is 12.3. The second kappa shape index (κ2) is 9.14. The van der Waals surface area contributed by atoms with Crippen molar-refractivity contribution in [2.45, 2.75) is 32.9 Å². The molecule has 0 aliphatic carbocycles. The molecule has 2 heterocycles. The number of carbonyl (C=O) groups excluding carboxylic acids is 1. The molecule has 0 aliphatic rings. The molecule has 0 bridgehead atoms. The molecule has 0 saturated heterocycles. The molecule has 4 rings (SSSR count). The Morgan fingerprint density at radius 2 is 1.87 bits per heavy atom. The van der Waals surface area contributed by atoms with Crippen molar-refractivity contribution in [3.8, 4) is 5.69 Å². The minimum atomic E-state index is -0.148. The van der Waals surface area contributed by atoms with Crippen molar-refractivity contribution in [2.24, 2.45) is 0 Å². The topological polar surface area (TPSA) is 77.6 Å². The summed E-state index contributed by atoms with van der Waals surface area (Å²) >= 11 is 6.01. The minimum Gasteiger partial charge on any atom is -0.348 e. The summed E-state index contributed by atoms with van der Waals surface area (Å²) < 4.78 is 3.56. The van der Waals surface area contributed by atoms with E-state index in [0.29, 0.717) is 23.7 Å². The van der Waals surface area contributed by atoms with Crippen LogP contribution in [0.4, 0.5) is 0 Å². The van der Waals surface area contributed by atoms with Crippen molar-refractivity contribution in [3.63, 3.8) is 0 Å². The molecule has 2 aromatic carbocycles. The highest BCUT2D eigenvalue weighted by molar-refractivity contribution is 6.30. The molecule has 0 aliphatic heterocycles. The number of benzene rings is 2. The van der Waals surface area contributed by atoms with Gasteiger partial charge in [-0.1, -0.05) is 49.7 Å². The van der Waals surface area contributed by atoms with Crippen molar-refractivity contribution in [2.75, 3.05) is 0 Å². The van der Waals surface area contributed by atoms with Gasteiger partial charge in [-0.25, -0.2) is 14.3 Å². The summed E-state index contributed by atoms with van der Waals surface area (Å²) in [5.41, 5.74) is 4.41. The summed E-state index contributed by atoms with van der Waals surface area (Å²) in [6.07, 6.45) is 4.82. The number of halogens is 1. The summed E-state index contributed by atoms with van der Waals surface area (Å²) in [4.78, 5) is 16.9. The Balaban J connectivity index is 1.49. The third kappa shape index (κ3) is 4.83. The Kier molecular flexibility index (Phi) is 6.13. The molecule has 1 N–H and O–H groups in total. The van der Waals surface area contributed by atoms with Gasteiger partial charge in [-0.15, -0.1) is 0 Å². The van der Waals surface area contributed by atoms with E-state index in [1.54, 1.807) is 21.9 Å². The van der Waals surface area contributed by atoms with E-state index in [-0.39, 0.29) is 11.8 Å². The van der Waals surface area contributed by atoms with E-state index in [2.05, 4.69) is 26.6 Å². The maximum atomic E-state index is 13.0. The van der Waals surface area contributed by atoms with E-state index in [4.69, 9.17) is 11.6 Å². The molecule has 158 valence electrons. The first-order valence-corrected chi connectivity index (χ1v) is 10.4. The first-order chi connectivity index (χ1) is 15.0. The van der Waals surface area contributed by atoms with Crippen LogP contribution >= 0.6 is 11.6 Å². The number of aromatic nitrogens is 5. The average Bonchev–Trinajstić information content (AvgIpc) is 3.43. The zero-order valence-electron chi connectivity index (χ0n) is 17.4. The van der Waals surface area contributed by atoms with E-state index in [1.165, 1.54) is 6.33 Å². The molecular weight excluding hydrogens is 412 g/mol. The first kappa shape index (κ1) is 20.8. The van der Waals surface area contributed by atoms with Crippen LogP contribution in [0.3, 0.4) is 0 Å². The highest BCUT2D eigenvalue weighted by atomic mass is 35.5. The maximum absolute atomic E-state index is 13.0. The number of nitrogens with one attached hydrogen (secondary N) is 1. The zero-order chi connectivity index (χ0) is 21.8. The van der Waals surface area contributed by atoms with Gasteiger partial charge in [0.1, 0.15) is 12.7 Å². The Bertz CT molecular complexity index is 1170. The van der Waals surface area contributed by atoms with Crippen molar-refractivity contribution in [3.05, 3.63) is 94.8 Å². The van der Waals surface area contributed by atoms with Gasteiger partial charge in [0.15, 0.2) is 0 Å². The average molecular weight is 435 g/mol. The Labute approximate surface area is 185 Å². The second-order valence-corrected chi connectivity index (χ2v) is 8.02. The normalized spacial score (nSPS) is 11.1. The molecule has 1 amide bonds. The lowest BCUT2D eigenvalue weighted by Gasteiger charge is -2.13. The van der Waals surface area contributed by atoms with Crippen LogP contribution in [0.5, 0.6) is 0 Å². The van der Waals surface area contributed by atoms with E-state index < -0.39 is 0 Å². The minimum absolute atomic E-state index is 0.116. The van der Waals surface area contributed by atoms with Crippen LogP contribution in [0.25, 0.3) is 5.69 Å². The fraction of sp³-hybridized carbons (Fsp3) is 0.217. The standard InChI is InChI=1S/C23H23ClN6O/c1-16(2)22-21(12-27-30(22)20-8-6-19(24)7-9-20)23(31)26-11-17-4-3-5-18(10-17)13-29-15-25-14-28-29/h3-10,12,14-16H,11,13H2,1-2H3,(H,26,31). The molecule has 4 aromatic rings. The van der Waals surface area contributed by atoms with Crippen LogP contribution in [0.2, 0.25) is 5.02 Å². The summed E-state index contributed by atoms with van der Waals surface area (Å²) in [6, 6.07) is 15.5. The van der Waals surface area contributed by atoms with E-state index in [0.717, 1.165) is 22.5 Å². The van der Waals surface area contributed by atoms with Crippen molar-refractivity contribution >= 4 is 17.5 Å². The lowest BCUT2D eigenvalue weighted by molar-refractivity contribution is 0.0949. The lowest BCUT2D eigenvalue weighted by atomic mass is 10.0. The molecule has 7 nitrogen and oxygen atoms in total. The number of amides is 1. The second-order valence-electron chi connectivity index (χ2n) is 7.58. The number of hydrogen-bond acceptors (Lipinski definition) is 4. The predicted octanol–water partition coefficient (Wildman–Crippen LogP) is 4.22. The van der Waals surface area contributed by atoms with Gasteiger partial charge < -0.3 is 5.32 Å². The van der Waals surface area contributed by atoms with Gasteiger partial charge in [-0.05, 0) is 41.3 Å². The highest BCUT2D eigenvalue weighted by Gasteiger charge is 2.20. The SMILES string of the molecule is CC(C)c1c(C(=O)NCc2cccc(Cn3cncn3)c2)cnn1-c1ccc(Cl)cc1. The Hall–Kier alpha value is -3.45. The van der Waals surface area contributed by atoms with Crippen molar-refractivity contribution < 1.29 is 4.79 Å². The third-order valence-corrected chi connectivity index (χ3v) is 5.18. The van der Waals surface area contributed by atoms with Crippen molar-refractivity contribution in [1.82, 2.24) is 29.9 Å². The van der Waals surface area contributed by atoms with Crippen molar-refractivity contribution in [1.29, 1.82) is 0 Å². The number of carbonyl (C=O) groups is 1. The number of hydrogen-bond donors (Lipinski definition) is 1. The first-order valence-electron chi connectivity index (χ1n) is 10.0. The number of nitrogens with zero attached hydrogens (tertiary/aromatic N) is 5. The van der Waals surface area contributed by atoms with E-state index in [1.807, 2.05) is 56.3 Å².